The molecule has 296 valence electrons. The van der Waals surface area contributed by atoms with Crippen molar-refractivity contribution in [3.63, 3.8) is 0 Å². The van der Waals surface area contributed by atoms with Crippen LogP contribution < -0.4 is 24.8 Å². The number of nitrogens with zero attached hydrogens (tertiary/aromatic N) is 3. The van der Waals surface area contributed by atoms with E-state index in [9.17, 15) is 27.9 Å². The van der Waals surface area contributed by atoms with Gasteiger partial charge in [-0.15, -0.1) is 0 Å². The number of benzene rings is 2. The Morgan fingerprint density at radius 3 is 2.45 bits per heavy atom. The Hall–Kier alpha value is -4.99. The zero-order chi connectivity index (χ0) is 39.7. The van der Waals surface area contributed by atoms with Gasteiger partial charge in [0.25, 0.3) is 0 Å². The summed E-state index contributed by atoms with van der Waals surface area (Å²) in [6.45, 7) is 1.66. The van der Waals surface area contributed by atoms with Crippen molar-refractivity contribution in [2.24, 2.45) is 5.92 Å². The quantitative estimate of drug-likeness (QED) is 0.122. The molecule has 0 radical (unpaired) electrons. The van der Waals surface area contributed by atoms with Gasteiger partial charge >= 0.3 is 12.1 Å². The summed E-state index contributed by atoms with van der Waals surface area (Å²) in [6, 6.07) is 12.6. The molecule has 2 aromatic carbocycles. The van der Waals surface area contributed by atoms with E-state index in [1.807, 2.05) is 12.1 Å². The summed E-state index contributed by atoms with van der Waals surface area (Å²) in [5, 5.41) is 15.9. The number of carbonyl (C=O) groups is 2. The second-order valence-corrected chi connectivity index (χ2v) is 14.6. The third-order valence-electron chi connectivity index (χ3n) is 10.5. The average Bonchev–Trinajstić information content (AvgIpc) is 3.92. The number of rotatable bonds is 13. The topological polar surface area (TPSA) is 135 Å². The fourth-order valence-electron chi connectivity index (χ4n) is 7.76. The first-order valence-electron chi connectivity index (χ1n) is 18.2. The highest BCUT2D eigenvalue weighted by Crippen LogP contribution is 2.46. The molecule has 4 heterocycles. The van der Waals surface area contributed by atoms with Gasteiger partial charge in [-0.3, -0.25) is 14.5 Å². The van der Waals surface area contributed by atoms with Crippen LogP contribution in [0.25, 0.3) is 22.4 Å². The van der Waals surface area contributed by atoms with Crippen LogP contribution in [0.4, 0.5) is 17.6 Å². The van der Waals surface area contributed by atoms with E-state index in [1.165, 1.54) is 26.4 Å². The normalized spacial score (nSPS) is 19.6. The van der Waals surface area contributed by atoms with E-state index >= 15 is 4.39 Å². The first kappa shape index (κ1) is 39.3. The summed E-state index contributed by atoms with van der Waals surface area (Å²) in [5.74, 6) is -2.53. The minimum Gasteiger partial charge on any atom is -0.481 e. The standard InChI is InChI=1S/C40H40ClF4N5O6/c1-54-36-21(17-46-18-25-7-11-34(51)47-25)6-9-32(48-36)28-5-3-4-27(35(28)41)29-15-24(42)16-30-26(29)8-10-33(30)56-38-31(40(43,44)45)14-23(37(49-38)55-2)20-50-13-12-22(19-50)39(52)53/h3-6,9,14-16,22,25,33,46H,7-8,10-13,17-20H2,1-2H3,(H,47,51)(H,52,53)/t22-,25+,33+/m1/s1. The van der Waals surface area contributed by atoms with E-state index in [1.54, 1.807) is 23.1 Å². The maximum Gasteiger partial charge on any atom is 0.421 e. The molecule has 0 saturated carbocycles. The van der Waals surface area contributed by atoms with Gasteiger partial charge in [0.15, 0.2) is 0 Å². The van der Waals surface area contributed by atoms with E-state index in [-0.39, 0.29) is 42.9 Å². The Kier molecular flexibility index (Phi) is 11.4. The van der Waals surface area contributed by atoms with Gasteiger partial charge < -0.3 is 30.0 Å². The molecular formula is C40H40ClF4N5O6. The molecule has 3 N–H and O–H groups in total. The lowest BCUT2D eigenvalue weighted by Crippen LogP contribution is -2.35. The number of carbonyl (C=O) groups excluding carboxylic acids is 1. The Morgan fingerprint density at radius 2 is 1.75 bits per heavy atom. The van der Waals surface area contributed by atoms with Gasteiger partial charge in [-0.2, -0.15) is 18.2 Å². The van der Waals surface area contributed by atoms with Crippen molar-refractivity contribution in [1.82, 2.24) is 25.5 Å². The lowest BCUT2D eigenvalue weighted by atomic mass is 9.94. The molecule has 0 bridgehead atoms. The Bertz CT molecular complexity index is 2150. The van der Waals surface area contributed by atoms with Crippen molar-refractivity contribution >= 4 is 23.5 Å². The number of halogens is 5. The minimum absolute atomic E-state index is 0.00990. The predicted octanol–water partition coefficient (Wildman–Crippen LogP) is 6.98. The molecule has 16 heteroatoms. The molecule has 56 heavy (non-hydrogen) atoms. The summed E-state index contributed by atoms with van der Waals surface area (Å²) in [4.78, 5) is 33.6. The molecular weight excluding hydrogens is 758 g/mol. The number of alkyl halides is 3. The van der Waals surface area contributed by atoms with Gasteiger partial charge in [0.1, 0.15) is 17.5 Å². The van der Waals surface area contributed by atoms with Crippen molar-refractivity contribution in [2.45, 2.75) is 63.5 Å². The molecule has 1 aliphatic carbocycles. The van der Waals surface area contributed by atoms with Crippen molar-refractivity contribution in [3.8, 4) is 40.0 Å². The number of hydrogen-bond acceptors (Lipinski definition) is 9. The number of pyridine rings is 2. The number of aromatic nitrogens is 2. The van der Waals surface area contributed by atoms with E-state index in [2.05, 4.69) is 15.6 Å². The number of hydrogen-bond donors (Lipinski definition) is 3. The van der Waals surface area contributed by atoms with Gasteiger partial charge in [0, 0.05) is 60.9 Å². The van der Waals surface area contributed by atoms with Gasteiger partial charge in [-0.25, -0.2) is 9.37 Å². The van der Waals surface area contributed by atoms with Gasteiger partial charge in [-0.05, 0) is 73.2 Å². The summed E-state index contributed by atoms with van der Waals surface area (Å²) >= 11 is 7.04. The average molecular weight is 798 g/mol. The van der Waals surface area contributed by atoms with Crippen LogP contribution in [0.5, 0.6) is 17.6 Å². The molecule has 2 saturated heterocycles. The number of carboxylic acids is 1. The number of ether oxygens (including phenoxy) is 3. The summed E-state index contributed by atoms with van der Waals surface area (Å²) < 4.78 is 76.0. The molecule has 7 rings (SSSR count). The molecule has 0 unspecified atom stereocenters. The number of methoxy groups -OCH3 is 2. The molecule has 2 aromatic heterocycles. The van der Waals surface area contributed by atoms with Crippen LogP contribution in [-0.2, 0) is 35.3 Å². The highest BCUT2D eigenvalue weighted by Gasteiger charge is 2.39. The number of carboxylic acid groups (broad SMARTS) is 1. The molecule has 3 aliphatic rings. The lowest BCUT2D eigenvalue weighted by molar-refractivity contribution is -0.141. The molecule has 1 amide bonds. The summed E-state index contributed by atoms with van der Waals surface area (Å²) in [7, 11) is 2.80. The second-order valence-electron chi connectivity index (χ2n) is 14.2. The zero-order valence-electron chi connectivity index (χ0n) is 30.6. The van der Waals surface area contributed by atoms with Crippen LogP contribution in [0.15, 0.2) is 48.5 Å². The van der Waals surface area contributed by atoms with Crippen LogP contribution in [0.1, 0.15) is 59.6 Å². The van der Waals surface area contributed by atoms with Crippen molar-refractivity contribution in [2.75, 3.05) is 33.9 Å². The SMILES string of the molecule is COc1nc(-c2cccc(-c3cc(F)cc4c3CC[C@@H]4Oc3nc(OC)c(CN4CC[C@@H](C(=O)O)C4)cc3C(F)(F)F)c2Cl)ccc1CNC[C@@H]1CCC(=O)N1. The number of fused-ring (bicyclic) bond motifs is 1. The van der Waals surface area contributed by atoms with E-state index < -0.39 is 41.4 Å². The largest absolute Gasteiger partial charge is 0.481 e. The first-order chi connectivity index (χ1) is 26.8. The number of aliphatic carboxylic acids is 1. The van der Waals surface area contributed by atoms with E-state index in [4.69, 9.17) is 30.8 Å². The minimum atomic E-state index is -4.85. The first-order valence-corrected chi connectivity index (χ1v) is 18.6. The Labute approximate surface area is 325 Å². The van der Waals surface area contributed by atoms with E-state index in [0.717, 1.165) is 18.1 Å². The summed E-state index contributed by atoms with van der Waals surface area (Å²) in [5.41, 5.74) is 2.96. The highest BCUT2D eigenvalue weighted by molar-refractivity contribution is 6.36. The Balaban J connectivity index is 1.14. The maximum absolute atomic E-state index is 15.4. The molecule has 11 nitrogen and oxygen atoms in total. The number of nitrogens with one attached hydrogen (secondary N) is 2. The summed E-state index contributed by atoms with van der Waals surface area (Å²) in [6.07, 6.45) is -3.52. The molecule has 3 atom stereocenters. The van der Waals surface area contributed by atoms with Crippen molar-refractivity contribution < 1.29 is 46.5 Å². The maximum atomic E-state index is 15.4. The van der Waals surface area contributed by atoms with Crippen LogP contribution >= 0.6 is 11.6 Å². The van der Waals surface area contributed by atoms with Gasteiger partial charge in [-0.1, -0.05) is 35.9 Å². The van der Waals surface area contributed by atoms with Crippen LogP contribution in [0, 0.1) is 11.7 Å². The molecule has 2 aliphatic heterocycles. The van der Waals surface area contributed by atoms with Crippen LogP contribution in [-0.4, -0.2) is 71.7 Å². The van der Waals surface area contributed by atoms with Gasteiger partial charge in [0.05, 0.1) is 30.9 Å². The van der Waals surface area contributed by atoms with Crippen molar-refractivity contribution in [3.05, 3.63) is 87.2 Å². The number of likely N-dealkylation sites (tertiary alicyclic amines) is 1. The zero-order valence-corrected chi connectivity index (χ0v) is 31.4. The lowest BCUT2D eigenvalue weighted by Gasteiger charge is -2.22. The van der Waals surface area contributed by atoms with Crippen LogP contribution in [0.2, 0.25) is 5.02 Å². The fraction of sp³-hybridized carbons (Fsp3) is 0.400. The van der Waals surface area contributed by atoms with Crippen LogP contribution in [0.3, 0.4) is 0 Å². The van der Waals surface area contributed by atoms with Gasteiger partial charge in [0.2, 0.25) is 23.5 Å². The third-order valence-corrected chi connectivity index (χ3v) is 10.9. The monoisotopic (exact) mass is 797 g/mol. The molecule has 2 fully saturated rings. The highest BCUT2D eigenvalue weighted by atomic mass is 35.5. The Morgan fingerprint density at radius 1 is 0.982 bits per heavy atom. The smallest absolute Gasteiger partial charge is 0.421 e. The predicted molar refractivity (Wildman–Crippen MR) is 198 cm³/mol. The fourth-order valence-corrected chi connectivity index (χ4v) is 8.08. The molecule has 4 aromatic rings. The molecule has 0 spiro atoms. The van der Waals surface area contributed by atoms with Crippen molar-refractivity contribution in [1.29, 1.82) is 0 Å². The van der Waals surface area contributed by atoms with E-state index in [0.29, 0.717) is 83.3 Å². The number of amides is 1. The third kappa shape index (κ3) is 8.25. The second kappa shape index (κ2) is 16.2.